The Morgan fingerprint density at radius 2 is 2.36 bits per heavy atom. The molecule has 0 radical (unpaired) electrons. The van der Waals surface area contributed by atoms with Crippen LogP contribution in [0.5, 0.6) is 0 Å². The lowest BCUT2D eigenvalue weighted by atomic mass is 10.2. The number of hydrogen-bond donors (Lipinski definition) is 2. The normalized spacial score (nSPS) is 8.82. The first kappa shape index (κ1) is 7.51. The molecule has 56 valence electrons. The quantitative estimate of drug-likeness (QED) is 0.586. The van der Waals surface area contributed by atoms with Crippen molar-refractivity contribution in [1.82, 2.24) is 4.98 Å². The van der Waals surface area contributed by atoms with Gasteiger partial charge in [0, 0.05) is 0 Å². The summed E-state index contributed by atoms with van der Waals surface area (Å²) in [6, 6.07) is 5.11. The van der Waals surface area contributed by atoms with Crippen LogP contribution in [-0.2, 0) is 0 Å². The van der Waals surface area contributed by atoms with Gasteiger partial charge in [-0.25, -0.2) is 4.98 Å². The average Bonchev–Trinajstić information content (AvgIpc) is 2.04. The van der Waals surface area contributed by atoms with E-state index in [0.29, 0.717) is 17.1 Å². The molecule has 0 spiro atoms. The van der Waals surface area contributed by atoms with Crippen LogP contribution in [0.1, 0.15) is 11.3 Å². The summed E-state index contributed by atoms with van der Waals surface area (Å²) < 4.78 is 0. The zero-order chi connectivity index (χ0) is 8.27. The molecule has 1 rings (SSSR count). The second-order valence-electron chi connectivity index (χ2n) is 2.05. The highest BCUT2D eigenvalue weighted by atomic mass is 16.5. The van der Waals surface area contributed by atoms with E-state index in [9.17, 15) is 0 Å². The van der Waals surface area contributed by atoms with Gasteiger partial charge in [-0.2, -0.15) is 5.26 Å². The highest BCUT2D eigenvalue weighted by Gasteiger charge is 1.98. The number of pyridine rings is 1. The van der Waals surface area contributed by atoms with Gasteiger partial charge < -0.3 is 0 Å². The average molecular weight is 149 g/mol. The molecule has 2 N–H and O–H groups in total. The summed E-state index contributed by atoms with van der Waals surface area (Å²) in [7, 11) is 0. The van der Waals surface area contributed by atoms with E-state index in [2.05, 4.69) is 4.98 Å². The van der Waals surface area contributed by atoms with Gasteiger partial charge in [-0.05, 0) is 19.1 Å². The number of aromatic nitrogens is 1. The van der Waals surface area contributed by atoms with Crippen molar-refractivity contribution in [2.75, 3.05) is 5.48 Å². The second-order valence-corrected chi connectivity index (χ2v) is 2.05. The maximum absolute atomic E-state index is 8.51. The lowest BCUT2D eigenvalue weighted by Crippen LogP contribution is -1.95. The first-order chi connectivity index (χ1) is 5.27. The van der Waals surface area contributed by atoms with Crippen molar-refractivity contribution in [2.24, 2.45) is 0 Å². The standard InChI is InChI=1S/C7H7N3O/c1-5-6(4-8)2-3-7(9-5)10-11/h2-3,11H,1H3,(H,9,10). The number of hydrogen-bond acceptors (Lipinski definition) is 4. The Hall–Kier alpha value is -1.60. The van der Waals surface area contributed by atoms with Crippen molar-refractivity contribution in [3.05, 3.63) is 23.4 Å². The molecule has 11 heavy (non-hydrogen) atoms. The number of nitrogens with zero attached hydrogens (tertiary/aromatic N) is 2. The van der Waals surface area contributed by atoms with E-state index in [0.717, 1.165) is 0 Å². The molecular weight excluding hydrogens is 142 g/mol. The molecule has 4 heteroatoms. The number of aryl methyl sites for hydroxylation is 1. The minimum Gasteiger partial charge on any atom is -0.290 e. The van der Waals surface area contributed by atoms with Crippen LogP contribution in [0.4, 0.5) is 5.82 Å². The van der Waals surface area contributed by atoms with Crippen LogP contribution in [-0.4, -0.2) is 10.2 Å². The van der Waals surface area contributed by atoms with Crippen molar-refractivity contribution < 1.29 is 5.21 Å². The smallest absolute Gasteiger partial charge is 0.149 e. The largest absolute Gasteiger partial charge is 0.290 e. The predicted molar refractivity (Wildman–Crippen MR) is 39.1 cm³/mol. The first-order valence-corrected chi connectivity index (χ1v) is 3.06. The van der Waals surface area contributed by atoms with Crippen LogP contribution >= 0.6 is 0 Å². The Bertz CT molecular complexity index is 303. The Kier molecular flexibility index (Phi) is 2.04. The summed E-state index contributed by atoms with van der Waals surface area (Å²) in [4.78, 5) is 3.88. The van der Waals surface area contributed by atoms with Gasteiger partial charge in [0.15, 0.2) is 0 Å². The molecule has 0 unspecified atom stereocenters. The summed E-state index contributed by atoms with van der Waals surface area (Å²) in [5, 5.41) is 16.9. The zero-order valence-corrected chi connectivity index (χ0v) is 6.00. The monoisotopic (exact) mass is 149 g/mol. The van der Waals surface area contributed by atoms with Gasteiger partial charge >= 0.3 is 0 Å². The van der Waals surface area contributed by atoms with E-state index in [1.165, 1.54) is 6.07 Å². The molecule has 4 nitrogen and oxygen atoms in total. The molecular formula is C7H7N3O. The van der Waals surface area contributed by atoms with Crippen molar-refractivity contribution in [2.45, 2.75) is 6.92 Å². The molecule has 0 amide bonds. The topological polar surface area (TPSA) is 68.9 Å². The van der Waals surface area contributed by atoms with Crippen LogP contribution in [0.15, 0.2) is 12.1 Å². The van der Waals surface area contributed by atoms with Gasteiger partial charge in [0.05, 0.1) is 11.3 Å². The summed E-state index contributed by atoms with van der Waals surface area (Å²) >= 11 is 0. The molecule has 0 aromatic carbocycles. The number of rotatable bonds is 1. The summed E-state index contributed by atoms with van der Waals surface area (Å²) in [6.45, 7) is 1.71. The van der Waals surface area contributed by atoms with E-state index in [1.807, 2.05) is 11.5 Å². The van der Waals surface area contributed by atoms with E-state index < -0.39 is 0 Å². The molecule has 0 aliphatic heterocycles. The van der Waals surface area contributed by atoms with Crippen molar-refractivity contribution in [3.63, 3.8) is 0 Å². The summed E-state index contributed by atoms with van der Waals surface area (Å²) in [5.41, 5.74) is 3.02. The molecule has 0 aliphatic carbocycles. The lowest BCUT2D eigenvalue weighted by molar-refractivity contribution is 0.386. The Morgan fingerprint density at radius 1 is 1.64 bits per heavy atom. The summed E-state index contributed by atoms with van der Waals surface area (Å²) in [5.74, 6) is 0.349. The molecule has 0 saturated heterocycles. The fourth-order valence-corrected chi connectivity index (χ4v) is 0.741. The molecule has 1 aromatic heterocycles. The highest BCUT2D eigenvalue weighted by Crippen LogP contribution is 2.07. The van der Waals surface area contributed by atoms with Gasteiger partial charge in [0.25, 0.3) is 0 Å². The fourth-order valence-electron chi connectivity index (χ4n) is 0.741. The maximum atomic E-state index is 8.51. The number of anilines is 1. The minimum absolute atomic E-state index is 0.349. The molecule has 0 fully saturated rings. The minimum atomic E-state index is 0.349. The highest BCUT2D eigenvalue weighted by molar-refractivity contribution is 5.41. The Morgan fingerprint density at radius 3 is 2.82 bits per heavy atom. The van der Waals surface area contributed by atoms with E-state index in [4.69, 9.17) is 10.5 Å². The van der Waals surface area contributed by atoms with Crippen LogP contribution < -0.4 is 5.48 Å². The van der Waals surface area contributed by atoms with Gasteiger partial charge in [0.1, 0.15) is 11.9 Å². The van der Waals surface area contributed by atoms with Crippen LogP contribution in [0, 0.1) is 18.3 Å². The third kappa shape index (κ3) is 1.45. The van der Waals surface area contributed by atoms with Crippen LogP contribution in [0.25, 0.3) is 0 Å². The third-order valence-electron chi connectivity index (χ3n) is 1.32. The van der Waals surface area contributed by atoms with E-state index >= 15 is 0 Å². The molecule has 1 heterocycles. The SMILES string of the molecule is Cc1nc(NO)ccc1C#N. The third-order valence-corrected chi connectivity index (χ3v) is 1.32. The lowest BCUT2D eigenvalue weighted by Gasteiger charge is -1.99. The van der Waals surface area contributed by atoms with Gasteiger partial charge in [-0.3, -0.25) is 10.7 Å². The number of nitriles is 1. The second kappa shape index (κ2) is 2.99. The van der Waals surface area contributed by atoms with Crippen molar-refractivity contribution >= 4 is 5.82 Å². The molecule has 0 atom stereocenters. The Labute approximate surface area is 64.1 Å². The zero-order valence-electron chi connectivity index (χ0n) is 6.00. The number of nitrogens with one attached hydrogen (secondary N) is 1. The molecule has 0 saturated carbocycles. The van der Waals surface area contributed by atoms with Crippen molar-refractivity contribution in [1.29, 1.82) is 5.26 Å². The molecule has 1 aromatic rings. The van der Waals surface area contributed by atoms with Crippen LogP contribution in [0.3, 0.4) is 0 Å². The Balaban J connectivity index is 3.12. The molecule has 0 aliphatic rings. The molecule has 0 bridgehead atoms. The fraction of sp³-hybridized carbons (Fsp3) is 0.143. The van der Waals surface area contributed by atoms with Gasteiger partial charge in [-0.15, -0.1) is 0 Å². The van der Waals surface area contributed by atoms with Gasteiger partial charge in [0.2, 0.25) is 0 Å². The summed E-state index contributed by atoms with van der Waals surface area (Å²) in [6.07, 6.45) is 0. The van der Waals surface area contributed by atoms with Gasteiger partial charge in [-0.1, -0.05) is 0 Å². The van der Waals surface area contributed by atoms with Crippen LogP contribution in [0.2, 0.25) is 0 Å². The van der Waals surface area contributed by atoms with Crippen molar-refractivity contribution in [3.8, 4) is 6.07 Å². The van der Waals surface area contributed by atoms with E-state index in [-0.39, 0.29) is 0 Å². The van der Waals surface area contributed by atoms with E-state index in [1.54, 1.807) is 13.0 Å². The first-order valence-electron chi connectivity index (χ1n) is 3.06. The maximum Gasteiger partial charge on any atom is 0.149 e. The predicted octanol–water partition coefficient (Wildman–Crippen LogP) is 1.06.